The predicted octanol–water partition coefficient (Wildman–Crippen LogP) is 12.3. The van der Waals surface area contributed by atoms with Crippen molar-refractivity contribution in [3.63, 3.8) is 0 Å². The number of fused-ring (bicyclic) bond motifs is 2. The molecule has 0 N–H and O–H groups in total. The quantitative estimate of drug-likeness (QED) is 0.0899. The summed E-state index contributed by atoms with van der Waals surface area (Å²) in [6.45, 7) is 0. The van der Waals surface area contributed by atoms with Crippen molar-refractivity contribution in [3.05, 3.63) is 79.1 Å². The zero-order valence-electron chi connectivity index (χ0n) is 30.0. The van der Waals surface area contributed by atoms with Gasteiger partial charge in [0.2, 0.25) is 0 Å². The average Bonchev–Trinajstić information content (AvgIpc) is 3.92. The van der Waals surface area contributed by atoms with E-state index in [2.05, 4.69) is 97.2 Å². The van der Waals surface area contributed by atoms with Crippen molar-refractivity contribution in [2.45, 2.75) is 29.6 Å². The summed E-state index contributed by atoms with van der Waals surface area (Å²) < 4.78 is 23.9. The van der Waals surface area contributed by atoms with Gasteiger partial charge in [-0.1, -0.05) is 0 Å². The summed E-state index contributed by atoms with van der Waals surface area (Å²) in [7, 11) is 4.15. The molecule has 0 fully saturated rings. The Morgan fingerprint density at radius 2 is 0.865 bits per heavy atom. The Hall–Kier alpha value is -1.09. The summed E-state index contributed by atoms with van der Waals surface area (Å²) >= 11 is 11.5. The first kappa shape index (κ1) is 42.1. The molecule has 0 aliphatic carbocycles. The van der Waals surface area contributed by atoms with Crippen LogP contribution < -0.4 is 5.79 Å². The SMILES string of the molecule is COC(=O)c1ccsc1-c1cc2sc(-c3sccc3C(=O)OC)cc2s1.COC(=O)c1ccsc1Br.[CH3][Sn]([CH3])([CH3])[c]1cc2s[c]([Sn]([CH3])([CH3])[CH3])cc2s1. The van der Waals surface area contributed by atoms with Gasteiger partial charge in [-0.05, 0) is 62.4 Å². The van der Waals surface area contributed by atoms with E-state index in [4.69, 9.17) is 9.47 Å². The molecule has 0 amide bonds. The number of halogens is 1. The molecule has 7 aromatic heterocycles. The molecule has 0 radical (unpaired) electrons. The van der Waals surface area contributed by atoms with E-state index in [1.807, 2.05) is 16.1 Å². The molecule has 0 saturated heterocycles. The van der Waals surface area contributed by atoms with Gasteiger partial charge in [-0.25, -0.2) is 14.4 Å². The Balaban J connectivity index is 0.000000170. The Morgan fingerprint density at radius 3 is 1.21 bits per heavy atom. The van der Waals surface area contributed by atoms with Crippen molar-refractivity contribution in [1.29, 1.82) is 0 Å². The molecule has 0 aliphatic heterocycles. The molecule has 7 heterocycles. The molecule has 0 saturated carbocycles. The van der Waals surface area contributed by atoms with Gasteiger partial charge in [0.15, 0.2) is 0 Å². The standard InChI is InChI=1S/C18H12O4S4.C6H5BrO2S.C6H2S2.6CH3.2Sn/c1-21-17(19)9-3-5-23-15(9)13-7-11-12(25-13)8-14(26-11)16-10(4-6-24-16)18(20)22-2;1-9-6(8)4-2-3-10-5(4)7;1-3-7-6-2-4-8-5(1)6;;;;;;;;/h3-8H,1-2H3;2-3H,1H3;1-2H;6*1H3;;. The molecule has 0 spiro atoms. The van der Waals surface area contributed by atoms with E-state index in [0.717, 1.165) is 32.7 Å². The van der Waals surface area contributed by atoms with Gasteiger partial charge in [-0.2, -0.15) is 0 Å². The summed E-state index contributed by atoms with van der Waals surface area (Å²) in [4.78, 5) is 53.7. The van der Waals surface area contributed by atoms with Gasteiger partial charge < -0.3 is 14.2 Å². The van der Waals surface area contributed by atoms with E-state index >= 15 is 0 Å². The zero-order chi connectivity index (χ0) is 38.0. The summed E-state index contributed by atoms with van der Waals surface area (Å²) in [5, 5.41) is 5.63. The number of rotatable bonds is 7. The van der Waals surface area contributed by atoms with Gasteiger partial charge in [0.05, 0.1) is 51.6 Å². The molecule has 0 aromatic carbocycles. The molecule has 0 atom stereocenters. The maximum absolute atomic E-state index is 11.9. The van der Waals surface area contributed by atoms with Gasteiger partial charge in [0.1, 0.15) is 0 Å². The molecule has 52 heavy (non-hydrogen) atoms. The Bertz CT molecular complexity index is 2150. The topological polar surface area (TPSA) is 78.9 Å². The van der Waals surface area contributed by atoms with Crippen molar-refractivity contribution < 1.29 is 28.6 Å². The van der Waals surface area contributed by atoms with Gasteiger partial charge >= 0.3 is 134 Å². The Labute approximate surface area is 348 Å². The molecule has 6 nitrogen and oxygen atoms in total. The molecule has 0 aliphatic rings. The van der Waals surface area contributed by atoms with Crippen LogP contribution in [0.25, 0.3) is 38.3 Å². The van der Waals surface area contributed by atoms with Gasteiger partial charge in [0.25, 0.3) is 0 Å². The minimum atomic E-state index is -1.82. The normalized spacial score (nSPS) is 11.5. The van der Waals surface area contributed by atoms with Crippen LogP contribution in [0.5, 0.6) is 0 Å². The van der Waals surface area contributed by atoms with E-state index in [1.165, 1.54) is 55.3 Å². The van der Waals surface area contributed by atoms with Crippen LogP contribution in [0.15, 0.2) is 62.4 Å². The van der Waals surface area contributed by atoms with Crippen molar-refractivity contribution >= 4 is 175 Å². The van der Waals surface area contributed by atoms with Crippen LogP contribution >= 0.6 is 95.3 Å². The van der Waals surface area contributed by atoms with E-state index in [1.54, 1.807) is 56.1 Å². The first-order chi connectivity index (χ1) is 24.5. The number of carbonyl (C=O) groups is 3. The number of hydrogen-bond acceptors (Lipinski definition) is 13. The third-order valence-corrected chi connectivity index (χ3v) is 34.8. The number of thiophene rings is 7. The summed E-state index contributed by atoms with van der Waals surface area (Å²) in [6, 6.07) is 14.5. The average molecular weight is 1110 g/mol. The van der Waals surface area contributed by atoms with E-state index < -0.39 is 36.8 Å². The van der Waals surface area contributed by atoms with Gasteiger partial charge in [0, 0.05) is 19.2 Å². The fraction of sp³-hybridized carbons (Fsp3) is 0.250. The van der Waals surface area contributed by atoms with Crippen LogP contribution in [0.2, 0.25) is 29.6 Å². The second-order valence-corrected chi connectivity index (χ2v) is 52.5. The van der Waals surface area contributed by atoms with Crippen LogP contribution in [0, 0.1) is 0 Å². The first-order valence-electron chi connectivity index (χ1n) is 15.8. The Morgan fingerprint density at radius 1 is 0.519 bits per heavy atom. The van der Waals surface area contributed by atoms with Crippen molar-refractivity contribution in [3.8, 4) is 19.5 Å². The van der Waals surface area contributed by atoms with Crippen molar-refractivity contribution in [1.82, 2.24) is 0 Å². The van der Waals surface area contributed by atoms with Crippen LogP contribution in [-0.2, 0) is 14.2 Å². The zero-order valence-corrected chi connectivity index (χ0v) is 43.0. The number of ether oxygens (including phenoxy) is 3. The van der Waals surface area contributed by atoms with Gasteiger partial charge in [-0.3, -0.25) is 0 Å². The molecular formula is C36H37BrO6S7Sn2. The number of hydrogen-bond donors (Lipinski definition) is 0. The van der Waals surface area contributed by atoms with Gasteiger partial charge in [-0.15, -0.1) is 56.7 Å². The van der Waals surface area contributed by atoms with E-state index in [9.17, 15) is 14.4 Å². The molecule has 0 bridgehead atoms. The summed E-state index contributed by atoms with van der Waals surface area (Å²) in [6.07, 6.45) is 0. The molecule has 7 rings (SSSR count). The van der Waals surface area contributed by atoms with Crippen LogP contribution in [0.4, 0.5) is 0 Å². The molecule has 7 aromatic rings. The third-order valence-electron chi connectivity index (χ3n) is 7.50. The third kappa shape index (κ3) is 9.82. The van der Waals surface area contributed by atoms with Crippen LogP contribution in [0.1, 0.15) is 31.1 Å². The number of methoxy groups -OCH3 is 3. The molecule has 16 heteroatoms. The monoisotopic (exact) mass is 1110 g/mol. The molecule has 0 unspecified atom stereocenters. The second-order valence-electron chi connectivity index (χ2n) is 13.3. The number of esters is 3. The van der Waals surface area contributed by atoms with E-state index in [-0.39, 0.29) is 17.9 Å². The van der Waals surface area contributed by atoms with Crippen molar-refractivity contribution in [2.75, 3.05) is 21.3 Å². The fourth-order valence-electron chi connectivity index (χ4n) is 4.73. The fourth-order valence-corrected chi connectivity index (χ4v) is 23.9. The van der Waals surface area contributed by atoms with E-state index in [0.29, 0.717) is 16.7 Å². The molecular weight excluding hydrogens is 1070 g/mol. The summed E-state index contributed by atoms with van der Waals surface area (Å²) in [5.41, 5.74) is 1.78. The maximum atomic E-state index is 11.9. The predicted molar refractivity (Wildman–Crippen MR) is 238 cm³/mol. The van der Waals surface area contributed by atoms with Crippen LogP contribution in [-0.4, -0.2) is 76.0 Å². The van der Waals surface area contributed by atoms with Crippen molar-refractivity contribution in [2.24, 2.45) is 0 Å². The minimum absolute atomic E-state index is 0.298. The number of carbonyl (C=O) groups excluding carboxylic acids is 3. The second kappa shape index (κ2) is 17.8. The first-order valence-corrected chi connectivity index (χ1v) is 42.4. The molecule has 274 valence electrons. The van der Waals surface area contributed by atoms with Crippen LogP contribution in [0.3, 0.4) is 0 Å². The summed E-state index contributed by atoms with van der Waals surface area (Å²) in [5.74, 6) is -0.937. The Kier molecular flexibility index (Phi) is 14.4.